The molecule has 1 fully saturated rings. The Morgan fingerprint density at radius 1 is 1.47 bits per heavy atom. The van der Waals surface area contributed by atoms with Crippen LogP contribution in [0.3, 0.4) is 0 Å². The largest absolute Gasteiger partial charge is 0.384 e. The summed E-state index contributed by atoms with van der Waals surface area (Å²) in [6, 6.07) is 0.186. The molecule has 0 aromatic heterocycles. The molecule has 0 aliphatic heterocycles. The second kappa shape index (κ2) is 6.97. The van der Waals surface area contributed by atoms with Crippen LogP contribution in [0.2, 0.25) is 0 Å². The molecule has 1 aliphatic rings. The summed E-state index contributed by atoms with van der Waals surface area (Å²) >= 11 is 0. The highest BCUT2D eigenvalue weighted by molar-refractivity contribution is 5.78. The highest BCUT2D eigenvalue weighted by Gasteiger charge is 2.29. The highest BCUT2D eigenvalue weighted by Crippen LogP contribution is 2.28. The average Bonchev–Trinajstić information content (AvgIpc) is 2.25. The van der Waals surface area contributed by atoms with Crippen LogP contribution >= 0.6 is 0 Å². The van der Waals surface area contributed by atoms with Crippen molar-refractivity contribution in [3.05, 3.63) is 0 Å². The van der Waals surface area contributed by atoms with Crippen molar-refractivity contribution in [2.75, 3.05) is 20.3 Å². The lowest BCUT2D eigenvalue weighted by Gasteiger charge is -2.30. The monoisotopic (exact) mass is 242 g/mol. The van der Waals surface area contributed by atoms with Gasteiger partial charge in [0.2, 0.25) is 5.91 Å². The number of rotatable bonds is 5. The molecule has 0 radical (unpaired) electrons. The molecule has 0 bridgehead atoms. The SMILES string of the molecule is COCC(C)CNC(=O)C1CC(C)CC(N)C1. The molecular weight excluding hydrogens is 216 g/mol. The van der Waals surface area contributed by atoms with Crippen LogP contribution in [0.15, 0.2) is 0 Å². The summed E-state index contributed by atoms with van der Waals surface area (Å²) < 4.78 is 5.04. The summed E-state index contributed by atoms with van der Waals surface area (Å²) in [4.78, 5) is 12.0. The van der Waals surface area contributed by atoms with E-state index in [0.717, 1.165) is 19.3 Å². The van der Waals surface area contributed by atoms with Gasteiger partial charge in [-0.05, 0) is 31.1 Å². The molecular formula is C13H26N2O2. The van der Waals surface area contributed by atoms with Crippen LogP contribution in [0.5, 0.6) is 0 Å². The molecule has 4 heteroatoms. The van der Waals surface area contributed by atoms with Gasteiger partial charge in [0.1, 0.15) is 0 Å². The quantitative estimate of drug-likeness (QED) is 0.760. The first-order valence-corrected chi connectivity index (χ1v) is 6.55. The zero-order chi connectivity index (χ0) is 12.8. The van der Waals surface area contributed by atoms with E-state index >= 15 is 0 Å². The van der Waals surface area contributed by atoms with Gasteiger partial charge in [-0.2, -0.15) is 0 Å². The minimum Gasteiger partial charge on any atom is -0.384 e. The number of nitrogens with two attached hydrogens (primary N) is 1. The predicted molar refractivity (Wildman–Crippen MR) is 68.5 cm³/mol. The van der Waals surface area contributed by atoms with Crippen molar-refractivity contribution in [2.24, 2.45) is 23.5 Å². The van der Waals surface area contributed by atoms with E-state index in [1.807, 2.05) is 0 Å². The number of nitrogens with one attached hydrogen (secondary N) is 1. The van der Waals surface area contributed by atoms with Crippen LogP contribution < -0.4 is 11.1 Å². The summed E-state index contributed by atoms with van der Waals surface area (Å²) in [5.41, 5.74) is 5.96. The average molecular weight is 242 g/mol. The Kier molecular flexibility index (Phi) is 5.92. The molecule has 3 N–H and O–H groups in total. The lowest BCUT2D eigenvalue weighted by atomic mass is 9.79. The minimum absolute atomic E-state index is 0.100. The lowest BCUT2D eigenvalue weighted by Crippen LogP contribution is -2.41. The van der Waals surface area contributed by atoms with E-state index < -0.39 is 0 Å². The molecule has 4 nitrogen and oxygen atoms in total. The van der Waals surface area contributed by atoms with E-state index in [1.54, 1.807) is 7.11 Å². The molecule has 1 aliphatic carbocycles. The van der Waals surface area contributed by atoms with E-state index in [-0.39, 0.29) is 17.9 Å². The molecule has 0 aromatic rings. The first-order chi connectivity index (χ1) is 8.02. The van der Waals surface area contributed by atoms with Crippen molar-refractivity contribution in [3.63, 3.8) is 0 Å². The van der Waals surface area contributed by atoms with Gasteiger partial charge in [-0.25, -0.2) is 0 Å². The molecule has 0 aromatic carbocycles. The smallest absolute Gasteiger partial charge is 0.223 e. The Balaban J connectivity index is 2.31. The maximum absolute atomic E-state index is 12.0. The van der Waals surface area contributed by atoms with E-state index in [4.69, 9.17) is 10.5 Å². The van der Waals surface area contributed by atoms with E-state index in [9.17, 15) is 4.79 Å². The van der Waals surface area contributed by atoms with Gasteiger partial charge in [0.05, 0.1) is 6.61 Å². The zero-order valence-corrected chi connectivity index (χ0v) is 11.2. The zero-order valence-electron chi connectivity index (χ0n) is 11.2. The van der Waals surface area contributed by atoms with Gasteiger partial charge in [0.25, 0.3) is 0 Å². The molecule has 1 rings (SSSR count). The van der Waals surface area contributed by atoms with Crippen LogP contribution in [0.4, 0.5) is 0 Å². The summed E-state index contributed by atoms with van der Waals surface area (Å²) in [6.45, 7) is 5.61. The third-order valence-electron chi connectivity index (χ3n) is 3.43. The minimum atomic E-state index is 0.100. The Labute approximate surface area is 104 Å². The number of carbonyl (C=O) groups is 1. The molecule has 17 heavy (non-hydrogen) atoms. The molecule has 0 heterocycles. The van der Waals surface area contributed by atoms with Crippen LogP contribution in [0.25, 0.3) is 0 Å². The summed E-state index contributed by atoms with van der Waals surface area (Å²) in [5.74, 6) is 1.18. The van der Waals surface area contributed by atoms with Gasteiger partial charge in [-0.3, -0.25) is 4.79 Å². The van der Waals surface area contributed by atoms with E-state index in [1.165, 1.54) is 0 Å². The number of hydrogen-bond acceptors (Lipinski definition) is 3. The Morgan fingerprint density at radius 2 is 2.18 bits per heavy atom. The Morgan fingerprint density at radius 3 is 2.76 bits per heavy atom. The highest BCUT2D eigenvalue weighted by atomic mass is 16.5. The van der Waals surface area contributed by atoms with Crippen molar-refractivity contribution >= 4 is 5.91 Å². The van der Waals surface area contributed by atoms with E-state index in [2.05, 4.69) is 19.2 Å². The van der Waals surface area contributed by atoms with Gasteiger partial charge in [0.15, 0.2) is 0 Å². The number of hydrogen-bond donors (Lipinski definition) is 2. The number of methoxy groups -OCH3 is 1. The number of amides is 1. The summed E-state index contributed by atoms with van der Waals surface area (Å²) in [5, 5.41) is 3.00. The topological polar surface area (TPSA) is 64.3 Å². The normalized spacial score (nSPS) is 30.9. The third-order valence-corrected chi connectivity index (χ3v) is 3.43. The van der Waals surface area contributed by atoms with Gasteiger partial charge in [-0.15, -0.1) is 0 Å². The second-order valence-corrected chi connectivity index (χ2v) is 5.57. The fourth-order valence-electron chi connectivity index (χ4n) is 2.63. The van der Waals surface area contributed by atoms with Crippen molar-refractivity contribution in [3.8, 4) is 0 Å². The Bertz CT molecular complexity index is 236. The fraction of sp³-hybridized carbons (Fsp3) is 0.923. The maximum Gasteiger partial charge on any atom is 0.223 e. The molecule has 100 valence electrons. The molecule has 1 saturated carbocycles. The number of ether oxygens (including phenoxy) is 1. The summed E-state index contributed by atoms with van der Waals surface area (Å²) in [7, 11) is 1.68. The fourth-order valence-corrected chi connectivity index (χ4v) is 2.63. The summed E-state index contributed by atoms with van der Waals surface area (Å²) in [6.07, 6.45) is 2.84. The molecule has 1 amide bonds. The second-order valence-electron chi connectivity index (χ2n) is 5.57. The number of carbonyl (C=O) groups excluding carboxylic acids is 1. The van der Waals surface area contributed by atoms with Gasteiger partial charge in [0, 0.05) is 25.6 Å². The first kappa shape index (κ1) is 14.5. The lowest BCUT2D eigenvalue weighted by molar-refractivity contribution is -0.126. The van der Waals surface area contributed by atoms with Gasteiger partial charge in [-0.1, -0.05) is 13.8 Å². The van der Waals surface area contributed by atoms with Gasteiger partial charge >= 0.3 is 0 Å². The standard InChI is InChI=1S/C13H26N2O2/c1-9-4-11(6-12(14)5-9)13(16)15-7-10(2)8-17-3/h9-12H,4-8,14H2,1-3H3,(H,15,16). The van der Waals surface area contributed by atoms with Crippen molar-refractivity contribution in [1.82, 2.24) is 5.32 Å². The van der Waals surface area contributed by atoms with Crippen molar-refractivity contribution in [1.29, 1.82) is 0 Å². The van der Waals surface area contributed by atoms with Gasteiger partial charge < -0.3 is 15.8 Å². The third kappa shape index (κ3) is 5.04. The van der Waals surface area contributed by atoms with Crippen molar-refractivity contribution < 1.29 is 9.53 Å². The van der Waals surface area contributed by atoms with Crippen LogP contribution in [0.1, 0.15) is 33.1 Å². The predicted octanol–water partition coefficient (Wildman–Crippen LogP) is 1.15. The van der Waals surface area contributed by atoms with Crippen molar-refractivity contribution in [2.45, 2.75) is 39.2 Å². The Hall–Kier alpha value is -0.610. The molecule has 4 unspecified atom stereocenters. The van der Waals surface area contributed by atoms with Crippen LogP contribution in [-0.4, -0.2) is 32.2 Å². The van der Waals surface area contributed by atoms with Crippen LogP contribution in [0, 0.1) is 17.8 Å². The maximum atomic E-state index is 12.0. The molecule has 0 saturated heterocycles. The van der Waals surface area contributed by atoms with E-state index in [0.29, 0.717) is 25.0 Å². The van der Waals surface area contributed by atoms with Crippen LogP contribution in [-0.2, 0) is 9.53 Å². The molecule has 4 atom stereocenters. The molecule has 0 spiro atoms. The first-order valence-electron chi connectivity index (χ1n) is 6.55.